The molecule has 2 aromatic rings. The van der Waals surface area contributed by atoms with E-state index in [9.17, 15) is 16.8 Å². The van der Waals surface area contributed by atoms with Crippen molar-refractivity contribution in [2.75, 3.05) is 0 Å². The minimum absolute atomic E-state index is 0.145. The van der Waals surface area contributed by atoms with Crippen molar-refractivity contribution in [1.82, 2.24) is 9.44 Å². The Morgan fingerprint density at radius 2 is 0.812 bits per heavy atom. The highest BCUT2D eigenvalue weighted by atomic mass is 32.2. The maximum atomic E-state index is 13.2. The predicted molar refractivity (Wildman–Crippen MR) is 129 cm³/mol. The maximum Gasteiger partial charge on any atom is 0.240 e. The summed E-state index contributed by atoms with van der Waals surface area (Å²) in [6, 6.07) is 11.7. The highest BCUT2D eigenvalue weighted by molar-refractivity contribution is 7.90. The van der Waals surface area contributed by atoms with E-state index in [1.807, 2.05) is 55.4 Å². The van der Waals surface area contributed by atoms with Crippen LogP contribution in [0.4, 0.5) is 0 Å². The smallest absolute Gasteiger partial charge is 0.207 e. The van der Waals surface area contributed by atoms with Crippen molar-refractivity contribution in [3.8, 4) is 0 Å². The van der Waals surface area contributed by atoms with Crippen molar-refractivity contribution in [3.63, 3.8) is 0 Å². The van der Waals surface area contributed by atoms with Gasteiger partial charge in [0, 0.05) is 12.1 Å². The molecule has 2 rings (SSSR count). The normalized spacial score (nSPS) is 15.4. The Morgan fingerprint density at radius 3 is 1.03 bits per heavy atom. The van der Waals surface area contributed by atoms with Crippen LogP contribution in [0.2, 0.25) is 0 Å². The van der Waals surface area contributed by atoms with Crippen molar-refractivity contribution >= 4 is 20.0 Å². The van der Waals surface area contributed by atoms with Gasteiger partial charge in [-0.1, -0.05) is 76.9 Å². The third-order valence-corrected chi connectivity index (χ3v) is 8.34. The molecule has 0 saturated carbocycles. The highest BCUT2D eigenvalue weighted by Crippen LogP contribution is 2.33. The molecule has 0 radical (unpaired) electrons. The van der Waals surface area contributed by atoms with E-state index < -0.39 is 43.0 Å². The molecule has 6 nitrogen and oxygen atoms in total. The molecule has 0 amide bonds. The first-order valence-electron chi connectivity index (χ1n) is 10.6. The molecule has 2 N–H and O–H groups in total. The van der Waals surface area contributed by atoms with Gasteiger partial charge in [0.1, 0.15) is 0 Å². The number of rotatable bonds is 7. The van der Waals surface area contributed by atoms with E-state index in [2.05, 4.69) is 9.44 Å². The molecule has 0 saturated heterocycles. The first-order chi connectivity index (χ1) is 14.4. The summed E-state index contributed by atoms with van der Waals surface area (Å²) in [5.74, 6) is 0. The molecule has 0 aliphatic carbocycles. The van der Waals surface area contributed by atoms with Crippen LogP contribution in [0.1, 0.15) is 52.7 Å². The van der Waals surface area contributed by atoms with Crippen LogP contribution in [0.15, 0.2) is 58.3 Å². The summed E-state index contributed by atoms with van der Waals surface area (Å²) in [5.41, 5.74) is 0.751. The van der Waals surface area contributed by atoms with Gasteiger partial charge >= 0.3 is 0 Å². The van der Waals surface area contributed by atoms with Crippen LogP contribution in [0.5, 0.6) is 0 Å². The quantitative estimate of drug-likeness (QED) is 0.615. The molecule has 0 bridgehead atoms. The minimum atomic E-state index is -3.88. The summed E-state index contributed by atoms with van der Waals surface area (Å²) >= 11 is 0. The van der Waals surface area contributed by atoms with Gasteiger partial charge in [-0.25, -0.2) is 26.3 Å². The summed E-state index contributed by atoms with van der Waals surface area (Å²) in [7, 11) is -7.75. The van der Waals surface area contributed by atoms with Crippen LogP contribution in [-0.2, 0) is 20.0 Å². The van der Waals surface area contributed by atoms with E-state index in [1.54, 1.807) is 48.5 Å². The van der Waals surface area contributed by atoms with Gasteiger partial charge in [-0.05, 0) is 48.9 Å². The number of nitrogens with one attached hydrogen (secondary N) is 2. The molecule has 8 heteroatoms. The van der Waals surface area contributed by atoms with E-state index >= 15 is 0 Å². The molecule has 0 heterocycles. The van der Waals surface area contributed by atoms with Crippen molar-refractivity contribution in [3.05, 3.63) is 59.7 Å². The zero-order chi connectivity index (χ0) is 24.5. The van der Waals surface area contributed by atoms with Gasteiger partial charge in [-0.3, -0.25) is 0 Å². The lowest BCUT2D eigenvalue weighted by atomic mass is 9.73. The zero-order valence-corrected chi connectivity index (χ0v) is 21.9. The Hall–Kier alpha value is -1.74. The summed E-state index contributed by atoms with van der Waals surface area (Å²) in [6.07, 6.45) is 0. The Bertz CT molecular complexity index is 1030. The van der Waals surface area contributed by atoms with E-state index in [-0.39, 0.29) is 9.79 Å². The summed E-state index contributed by atoms with van der Waals surface area (Å²) < 4.78 is 58.5. The van der Waals surface area contributed by atoms with E-state index in [0.717, 1.165) is 11.1 Å². The summed E-state index contributed by atoms with van der Waals surface area (Å²) in [5, 5.41) is 0. The topological polar surface area (TPSA) is 92.3 Å². The molecule has 178 valence electrons. The van der Waals surface area contributed by atoms with Crippen molar-refractivity contribution in [2.24, 2.45) is 10.8 Å². The van der Waals surface area contributed by atoms with Gasteiger partial charge in [-0.15, -0.1) is 0 Å². The van der Waals surface area contributed by atoms with Crippen molar-refractivity contribution < 1.29 is 16.8 Å². The number of hydrogen-bond donors (Lipinski definition) is 2. The second kappa shape index (κ2) is 9.25. The predicted octanol–water partition coefficient (Wildman–Crippen LogP) is 4.39. The van der Waals surface area contributed by atoms with E-state index in [0.29, 0.717) is 0 Å². The lowest BCUT2D eigenvalue weighted by Gasteiger charge is -2.43. The van der Waals surface area contributed by atoms with E-state index in [1.165, 1.54) is 0 Å². The molecule has 0 unspecified atom stereocenters. The first-order valence-corrected chi connectivity index (χ1v) is 13.6. The fourth-order valence-corrected chi connectivity index (χ4v) is 6.30. The minimum Gasteiger partial charge on any atom is -0.207 e. The van der Waals surface area contributed by atoms with Gasteiger partial charge in [0.15, 0.2) is 0 Å². The van der Waals surface area contributed by atoms with Gasteiger partial charge in [0.05, 0.1) is 9.79 Å². The Labute approximate surface area is 193 Å². The monoisotopic (exact) mass is 480 g/mol. The summed E-state index contributed by atoms with van der Waals surface area (Å²) in [6.45, 7) is 15.2. The van der Waals surface area contributed by atoms with E-state index in [4.69, 9.17) is 0 Å². The SMILES string of the molecule is Cc1ccc(S(=O)(=O)N[C@H]([C@@H](NS(=O)(=O)c2ccc(C)cc2)C(C)(C)C)C(C)(C)C)cc1. The Morgan fingerprint density at radius 1 is 0.562 bits per heavy atom. The highest BCUT2D eigenvalue weighted by Gasteiger charge is 2.43. The van der Waals surface area contributed by atoms with Gasteiger partial charge in [-0.2, -0.15) is 0 Å². The van der Waals surface area contributed by atoms with Crippen LogP contribution in [0.3, 0.4) is 0 Å². The summed E-state index contributed by atoms with van der Waals surface area (Å²) in [4.78, 5) is 0.290. The van der Waals surface area contributed by atoms with Crippen molar-refractivity contribution in [2.45, 2.75) is 77.3 Å². The molecule has 0 fully saturated rings. The molecule has 0 aliphatic rings. The van der Waals surface area contributed by atoms with Crippen LogP contribution < -0.4 is 9.44 Å². The number of aryl methyl sites for hydroxylation is 2. The molecular weight excluding hydrogens is 444 g/mol. The molecule has 2 atom stereocenters. The maximum absolute atomic E-state index is 13.2. The lowest BCUT2D eigenvalue weighted by Crippen LogP contribution is -2.61. The van der Waals surface area contributed by atoms with Crippen LogP contribution in [-0.4, -0.2) is 28.9 Å². The lowest BCUT2D eigenvalue weighted by molar-refractivity contribution is 0.166. The molecule has 0 aliphatic heterocycles. The molecule has 0 aromatic heterocycles. The van der Waals surface area contributed by atoms with Crippen LogP contribution in [0.25, 0.3) is 0 Å². The largest absolute Gasteiger partial charge is 0.240 e. The molecule has 0 spiro atoms. The second-order valence-electron chi connectivity index (χ2n) is 10.6. The van der Waals surface area contributed by atoms with Crippen LogP contribution >= 0.6 is 0 Å². The third kappa shape index (κ3) is 6.63. The molecule has 2 aromatic carbocycles. The zero-order valence-electron chi connectivity index (χ0n) is 20.2. The van der Waals surface area contributed by atoms with Gasteiger partial charge in [0.2, 0.25) is 20.0 Å². The van der Waals surface area contributed by atoms with Crippen LogP contribution in [0, 0.1) is 24.7 Å². The third-order valence-electron chi connectivity index (χ3n) is 5.43. The molecule has 32 heavy (non-hydrogen) atoms. The number of sulfonamides is 2. The van der Waals surface area contributed by atoms with Gasteiger partial charge in [0.25, 0.3) is 0 Å². The average molecular weight is 481 g/mol. The van der Waals surface area contributed by atoms with Gasteiger partial charge < -0.3 is 0 Å². The molecular formula is C24H36N2O4S2. The fraction of sp³-hybridized carbons (Fsp3) is 0.500. The first kappa shape index (κ1) is 26.5. The average Bonchev–Trinajstić information content (AvgIpc) is 2.63. The number of benzene rings is 2. The Balaban J connectivity index is 2.50. The Kier molecular flexibility index (Phi) is 7.66. The number of hydrogen-bond acceptors (Lipinski definition) is 4. The van der Waals surface area contributed by atoms with Crippen molar-refractivity contribution in [1.29, 1.82) is 0 Å². The standard InChI is InChI=1S/C24H36N2O4S2/c1-17-9-13-19(14-10-17)31(27,28)25-21(23(3,4)5)22(24(6,7)8)26-32(29,30)20-15-11-18(2)12-16-20/h9-16,21-22,25-26H,1-8H3/t21-,22-/m1/s1. The second-order valence-corrected chi connectivity index (χ2v) is 14.0. The fourth-order valence-electron chi connectivity index (χ4n) is 3.39.